The molecule has 4 aliphatic rings. The van der Waals surface area contributed by atoms with Crippen LogP contribution in [0, 0.1) is 39.1 Å². The van der Waals surface area contributed by atoms with Crippen LogP contribution in [0.15, 0.2) is 18.2 Å². The number of carbonyl (C=O) groups excluding carboxylic acids is 1. The molecule has 152 valence electrons. The van der Waals surface area contributed by atoms with E-state index in [1.165, 1.54) is 44.6 Å². The van der Waals surface area contributed by atoms with Crippen LogP contribution in [0.3, 0.4) is 0 Å². The molecule has 4 fully saturated rings. The summed E-state index contributed by atoms with van der Waals surface area (Å²) < 4.78 is 13.5. The van der Waals surface area contributed by atoms with E-state index in [-0.39, 0.29) is 23.1 Å². The summed E-state index contributed by atoms with van der Waals surface area (Å²) in [5, 5.41) is 17.0. The SMILES string of the molecule is C[C@H](N[C@H](C)C12CC3CC(CC(C3)C1)C2)C(=O)Nc1ccc(F)c([N+](=O)[O-])c1. The molecule has 4 saturated carbocycles. The van der Waals surface area contributed by atoms with Crippen molar-refractivity contribution < 1.29 is 14.1 Å². The van der Waals surface area contributed by atoms with Gasteiger partial charge in [-0.25, -0.2) is 0 Å². The molecular formula is C21H28FN3O3. The fourth-order valence-corrected chi connectivity index (χ4v) is 6.32. The Kier molecular flexibility index (Phi) is 4.89. The predicted octanol–water partition coefficient (Wildman–Crippen LogP) is 4.26. The second-order valence-corrected chi connectivity index (χ2v) is 9.30. The van der Waals surface area contributed by atoms with Crippen molar-refractivity contribution in [1.82, 2.24) is 5.32 Å². The summed E-state index contributed by atoms with van der Waals surface area (Å²) in [5.41, 5.74) is -0.118. The summed E-state index contributed by atoms with van der Waals surface area (Å²) >= 11 is 0. The Morgan fingerprint density at radius 1 is 1.18 bits per heavy atom. The number of halogens is 1. The Morgan fingerprint density at radius 2 is 1.75 bits per heavy atom. The van der Waals surface area contributed by atoms with Gasteiger partial charge in [-0.1, -0.05) is 0 Å². The first-order chi connectivity index (χ1) is 13.3. The Hall–Kier alpha value is -2.02. The quantitative estimate of drug-likeness (QED) is 0.562. The van der Waals surface area contributed by atoms with Crippen LogP contribution in [0.25, 0.3) is 0 Å². The Labute approximate surface area is 164 Å². The number of nitrogens with one attached hydrogen (secondary N) is 2. The smallest absolute Gasteiger partial charge is 0.306 e. The highest BCUT2D eigenvalue weighted by molar-refractivity contribution is 5.94. The minimum Gasteiger partial charge on any atom is -0.324 e. The number of amides is 1. The highest BCUT2D eigenvalue weighted by atomic mass is 19.1. The number of nitro groups is 1. The maximum absolute atomic E-state index is 13.5. The highest BCUT2D eigenvalue weighted by Crippen LogP contribution is 2.61. The van der Waals surface area contributed by atoms with Crippen molar-refractivity contribution >= 4 is 17.3 Å². The fraction of sp³-hybridized carbons (Fsp3) is 0.667. The van der Waals surface area contributed by atoms with Crippen molar-refractivity contribution in [3.05, 3.63) is 34.1 Å². The van der Waals surface area contributed by atoms with Gasteiger partial charge in [-0.2, -0.15) is 4.39 Å². The number of rotatable bonds is 6. The van der Waals surface area contributed by atoms with Crippen LogP contribution in [0.1, 0.15) is 52.4 Å². The summed E-state index contributed by atoms with van der Waals surface area (Å²) in [4.78, 5) is 22.7. The van der Waals surface area contributed by atoms with Gasteiger partial charge in [-0.15, -0.1) is 0 Å². The standard InChI is InChI=1S/C21H28FN3O3/c1-12(20(26)24-17-3-4-18(22)19(8-17)25(27)28)23-13(2)21-9-14-5-15(10-21)7-16(6-14)11-21/h3-4,8,12-16,23H,5-7,9-11H2,1-2H3,(H,24,26)/t12-,13+,14?,15?,16?,21?/m0/s1. The normalized spacial score (nSPS) is 32.8. The van der Waals surface area contributed by atoms with Crippen molar-refractivity contribution in [3.63, 3.8) is 0 Å². The van der Waals surface area contributed by atoms with Crippen molar-refractivity contribution in [1.29, 1.82) is 0 Å². The minimum atomic E-state index is -0.912. The number of benzene rings is 1. The number of carbonyl (C=O) groups is 1. The van der Waals surface area contributed by atoms with E-state index in [0.29, 0.717) is 0 Å². The lowest BCUT2D eigenvalue weighted by Gasteiger charge is -2.59. The molecule has 1 aromatic rings. The molecule has 7 heteroatoms. The van der Waals surface area contributed by atoms with E-state index in [0.717, 1.165) is 29.9 Å². The van der Waals surface area contributed by atoms with Crippen LogP contribution in [-0.2, 0) is 4.79 Å². The van der Waals surface area contributed by atoms with Gasteiger partial charge in [0.1, 0.15) is 0 Å². The van der Waals surface area contributed by atoms with Crippen molar-refractivity contribution in [2.24, 2.45) is 23.2 Å². The molecule has 0 unspecified atom stereocenters. The van der Waals surface area contributed by atoms with Crippen LogP contribution in [0.5, 0.6) is 0 Å². The first kappa shape index (κ1) is 19.3. The van der Waals surface area contributed by atoms with Gasteiger partial charge in [0, 0.05) is 17.8 Å². The maximum atomic E-state index is 13.5. The Balaban J connectivity index is 1.40. The van der Waals surface area contributed by atoms with E-state index < -0.39 is 22.5 Å². The molecular weight excluding hydrogens is 361 g/mol. The van der Waals surface area contributed by atoms with Crippen LogP contribution in [-0.4, -0.2) is 22.9 Å². The molecule has 6 nitrogen and oxygen atoms in total. The van der Waals surface area contributed by atoms with E-state index in [2.05, 4.69) is 17.6 Å². The van der Waals surface area contributed by atoms with E-state index in [9.17, 15) is 19.3 Å². The third kappa shape index (κ3) is 3.52. The molecule has 0 saturated heterocycles. The van der Waals surface area contributed by atoms with Gasteiger partial charge >= 0.3 is 5.69 Å². The molecule has 0 aliphatic heterocycles. The molecule has 2 N–H and O–H groups in total. The third-order valence-corrected chi connectivity index (χ3v) is 7.31. The molecule has 4 bridgehead atoms. The predicted molar refractivity (Wildman–Crippen MR) is 104 cm³/mol. The molecule has 1 amide bonds. The lowest BCUT2D eigenvalue weighted by atomic mass is 9.48. The van der Waals surface area contributed by atoms with Crippen LogP contribution in [0.2, 0.25) is 0 Å². The van der Waals surface area contributed by atoms with Crippen LogP contribution < -0.4 is 10.6 Å². The van der Waals surface area contributed by atoms with Crippen molar-refractivity contribution in [3.8, 4) is 0 Å². The lowest BCUT2D eigenvalue weighted by molar-refractivity contribution is -0.387. The zero-order chi connectivity index (χ0) is 20.1. The number of nitro benzene ring substituents is 1. The van der Waals surface area contributed by atoms with Gasteiger partial charge < -0.3 is 10.6 Å². The fourth-order valence-electron chi connectivity index (χ4n) is 6.32. The zero-order valence-electron chi connectivity index (χ0n) is 16.4. The zero-order valence-corrected chi connectivity index (χ0v) is 16.4. The summed E-state index contributed by atoms with van der Waals surface area (Å²) in [6.45, 7) is 4.00. The van der Waals surface area contributed by atoms with E-state index in [1.54, 1.807) is 0 Å². The van der Waals surface area contributed by atoms with Gasteiger partial charge in [-0.05, 0) is 87.7 Å². The van der Waals surface area contributed by atoms with Gasteiger partial charge in [0.15, 0.2) is 0 Å². The number of hydrogen-bond donors (Lipinski definition) is 2. The molecule has 0 spiro atoms. The summed E-state index contributed by atoms with van der Waals surface area (Å²) in [7, 11) is 0. The summed E-state index contributed by atoms with van der Waals surface area (Å²) in [6.07, 6.45) is 7.91. The molecule has 4 aliphatic carbocycles. The Morgan fingerprint density at radius 3 is 2.29 bits per heavy atom. The van der Waals surface area contributed by atoms with Gasteiger partial charge in [-0.3, -0.25) is 14.9 Å². The van der Waals surface area contributed by atoms with E-state index >= 15 is 0 Å². The van der Waals surface area contributed by atoms with Gasteiger partial charge in [0.05, 0.1) is 11.0 Å². The Bertz CT molecular complexity index is 762. The topological polar surface area (TPSA) is 84.3 Å². The highest BCUT2D eigenvalue weighted by Gasteiger charge is 2.53. The van der Waals surface area contributed by atoms with Crippen molar-refractivity contribution in [2.45, 2.75) is 64.5 Å². The second kappa shape index (κ2) is 7.10. The van der Waals surface area contributed by atoms with E-state index in [1.807, 2.05) is 6.92 Å². The molecule has 0 heterocycles. The molecule has 5 rings (SSSR count). The monoisotopic (exact) mass is 389 g/mol. The average molecular weight is 389 g/mol. The first-order valence-corrected chi connectivity index (χ1v) is 10.3. The number of hydrogen-bond acceptors (Lipinski definition) is 4. The molecule has 2 atom stereocenters. The van der Waals surface area contributed by atoms with Crippen LogP contribution in [0.4, 0.5) is 15.8 Å². The molecule has 28 heavy (non-hydrogen) atoms. The largest absolute Gasteiger partial charge is 0.324 e. The number of nitrogens with zero attached hydrogens (tertiary/aromatic N) is 1. The average Bonchev–Trinajstić information content (AvgIpc) is 2.61. The summed E-state index contributed by atoms with van der Waals surface area (Å²) in [5.74, 6) is 1.36. The number of anilines is 1. The molecule has 1 aromatic carbocycles. The molecule has 0 aromatic heterocycles. The summed E-state index contributed by atoms with van der Waals surface area (Å²) in [6, 6.07) is 3.21. The molecule has 0 radical (unpaired) electrons. The first-order valence-electron chi connectivity index (χ1n) is 10.3. The van der Waals surface area contributed by atoms with Gasteiger partial charge in [0.2, 0.25) is 11.7 Å². The third-order valence-electron chi connectivity index (χ3n) is 7.31. The van der Waals surface area contributed by atoms with Crippen LogP contribution >= 0.6 is 0 Å². The van der Waals surface area contributed by atoms with Crippen molar-refractivity contribution in [2.75, 3.05) is 5.32 Å². The minimum absolute atomic E-state index is 0.231. The lowest BCUT2D eigenvalue weighted by Crippen LogP contribution is -2.57. The van der Waals surface area contributed by atoms with Gasteiger partial charge in [0.25, 0.3) is 0 Å². The van der Waals surface area contributed by atoms with E-state index in [4.69, 9.17) is 0 Å². The second-order valence-electron chi connectivity index (χ2n) is 9.30. The maximum Gasteiger partial charge on any atom is 0.306 e.